The fourth-order valence-electron chi connectivity index (χ4n) is 3.60. The second-order valence-electron chi connectivity index (χ2n) is 11.7. The van der Waals surface area contributed by atoms with Crippen LogP contribution in [0.5, 0.6) is 0 Å². The van der Waals surface area contributed by atoms with Gasteiger partial charge in [-0.2, -0.15) is 13.2 Å². The van der Waals surface area contributed by atoms with Crippen molar-refractivity contribution in [3.8, 4) is 0 Å². The second-order valence-corrected chi connectivity index (χ2v) is 21.4. The van der Waals surface area contributed by atoms with Crippen LogP contribution >= 0.6 is 11.8 Å². The van der Waals surface area contributed by atoms with Crippen molar-refractivity contribution in [1.82, 2.24) is 4.90 Å². The summed E-state index contributed by atoms with van der Waals surface area (Å²) in [7, 11) is -11.0. The molecule has 0 radical (unpaired) electrons. The number of sulfone groups is 1. The highest BCUT2D eigenvalue weighted by atomic mass is 32.2. The molecule has 2 unspecified atom stereocenters. The first-order valence-electron chi connectivity index (χ1n) is 13.3. The second kappa shape index (κ2) is 13.9. The molecule has 3 N–H and O–H groups in total. The Kier molecular flexibility index (Phi) is 12.0. The van der Waals surface area contributed by atoms with Crippen LogP contribution in [0.1, 0.15) is 34.1 Å². The number of sulfonamides is 1. The molecular formula is C27H40F3N3O6S3Si. The number of likely N-dealkylation sites (N-methyl/N-ethyl adjacent to an activating group) is 1. The SMILES string of the molecule is CC(Sc1ccccc1)C(CC(=O)N(C)CCO[Si](C)(C)C(C)(C)C)Nc1ccc(S(N)(=O)=O)cc1S(=O)(=O)C(F)(F)F. The molecule has 2 atom stereocenters. The zero-order valence-corrected chi connectivity index (χ0v) is 28.7. The number of nitrogens with zero attached hydrogens (tertiary/aromatic N) is 1. The summed E-state index contributed by atoms with van der Waals surface area (Å²) in [5, 5.41) is 7.39. The number of anilines is 1. The number of hydrogen-bond donors (Lipinski definition) is 2. The summed E-state index contributed by atoms with van der Waals surface area (Å²) in [6.07, 6.45) is -0.208. The highest BCUT2D eigenvalue weighted by Gasteiger charge is 2.48. The third-order valence-electron chi connectivity index (χ3n) is 7.36. The summed E-state index contributed by atoms with van der Waals surface area (Å²) in [6.45, 7) is 12.8. The zero-order chi connectivity index (χ0) is 33.0. The molecule has 0 saturated heterocycles. The van der Waals surface area contributed by atoms with E-state index < -0.39 is 60.5 Å². The van der Waals surface area contributed by atoms with Gasteiger partial charge in [-0.1, -0.05) is 45.9 Å². The van der Waals surface area contributed by atoms with E-state index in [2.05, 4.69) is 39.2 Å². The molecule has 43 heavy (non-hydrogen) atoms. The first-order chi connectivity index (χ1) is 19.5. The van der Waals surface area contributed by atoms with Gasteiger partial charge in [0.1, 0.15) is 4.90 Å². The van der Waals surface area contributed by atoms with Crippen molar-refractivity contribution in [3.05, 3.63) is 48.5 Å². The molecule has 2 aromatic carbocycles. The van der Waals surface area contributed by atoms with E-state index in [0.29, 0.717) is 12.7 Å². The highest BCUT2D eigenvalue weighted by Crippen LogP contribution is 2.38. The summed E-state index contributed by atoms with van der Waals surface area (Å²) in [5.74, 6) is -0.349. The number of nitrogens with two attached hydrogens (primary N) is 1. The number of nitrogens with one attached hydrogen (secondary N) is 1. The molecule has 2 rings (SSSR count). The zero-order valence-electron chi connectivity index (χ0n) is 25.2. The lowest BCUT2D eigenvalue weighted by Crippen LogP contribution is -2.43. The summed E-state index contributed by atoms with van der Waals surface area (Å²) >= 11 is 1.33. The van der Waals surface area contributed by atoms with Gasteiger partial charge in [0.05, 0.1) is 17.2 Å². The van der Waals surface area contributed by atoms with Crippen LogP contribution < -0.4 is 10.5 Å². The van der Waals surface area contributed by atoms with E-state index in [4.69, 9.17) is 9.56 Å². The molecular weight excluding hydrogens is 644 g/mol. The quantitative estimate of drug-likeness (QED) is 0.210. The first kappa shape index (κ1) is 37.1. The molecule has 1 amide bonds. The minimum Gasteiger partial charge on any atom is -0.415 e. The number of primary sulfonamides is 1. The lowest BCUT2D eigenvalue weighted by Gasteiger charge is -2.36. The number of halogens is 3. The number of carbonyl (C=O) groups excluding carboxylic acids is 1. The molecule has 0 saturated carbocycles. The van der Waals surface area contributed by atoms with Crippen molar-refractivity contribution in [1.29, 1.82) is 0 Å². The van der Waals surface area contributed by atoms with Crippen molar-refractivity contribution in [3.63, 3.8) is 0 Å². The van der Waals surface area contributed by atoms with E-state index in [9.17, 15) is 34.8 Å². The maximum absolute atomic E-state index is 13.6. The molecule has 0 fully saturated rings. The van der Waals surface area contributed by atoms with E-state index >= 15 is 0 Å². The Bertz CT molecular complexity index is 1480. The number of alkyl halides is 3. The average Bonchev–Trinajstić information content (AvgIpc) is 2.86. The van der Waals surface area contributed by atoms with Crippen molar-refractivity contribution in [2.45, 2.75) is 83.7 Å². The molecule has 242 valence electrons. The lowest BCUT2D eigenvalue weighted by atomic mass is 10.1. The van der Waals surface area contributed by atoms with Gasteiger partial charge in [0.2, 0.25) is 15.9 Å². The predicted molar refractivity (Wildman–Crippen MR) is 166 cm³/mol. The summed E-state index contributed by atoms with van der Waals surface area (Å²) < 4.78 is 95.8. The van der Waals surface area contributed by atoms with Gasteiger partial charge < -0.3 is 14.6 Å². The van der Waals surface area contributed by atoms with Crippen LogP contribution in [0.3, 0.4) is 0 Å². The normalized spacial score (nSPS) is 14.7. The van der Waals surface area contributed by atoms with Gasteiger partial charge in [-0.25, -0.2) is 22.0 Å². The highest BCUT2D eigenvalue weighted by molar-refractivity contribution is 8.00. The third-order valence-corrected chi connectivity index (χ3v) is 15.6. The lowest BCUT2D eigenvalue weighted by molar-refractivity contribution is -0.130. The van der Waals surface area contributed by atoms with Gasteiger partial charge in [0.15, 0.2) is 8.32 Å². The Morgan fingerprint density at radius 2 is 1.65 bits per heavy atom. The molecule has 16 heteroatoms. The van der Waals surface area contributed by atoms with E-state index in [1.807, 2.05) is 18.2 Å². The molecule has 2 aromatic rings. The monoisotopic (exact) mass is 683 g/mol. The van der Waals surface area contributed by atoms with Crippen LogP contribution in [-0.4, -0.2) is 73.0 Å². The standard InChI is InChI=1S/C27H40F3N3O6S3Si/c1-19(40-20-11-9-8-10-12-20)23(18-25(34)33(5)15-16-39-43(6,7)26(2,3)4)32-22-14-13-21(42(31,37)38)17-24(22)41(35,36)27(28,29)30/h8-14,17,19,23,32H,15-16,18H2,1-7H3,(H2,31,37,38). The molecule has 0 heterocycles. The summed E-state index contributed by atoms with van der Waals surface area (Å²) in [5.41, 5.74) is -6.23. The molecule has 9 nitrogen and oxygen atoms in total. The maximum Gasteiger partial charge on any atom is 0.501 e. The molecule has 0 aromatic heterocycles. The molecule has 0 aliphatic carbocycles. The van der Waals surface area contributed by atoms with Gasteiger partial charge in [-0.3, -0.25) is 4.79 Å². The van der Waals surface area contributed by atoms with Gasteiger partial charge in [-0.15, -0.1) is 11.8 Å². The van der Waals surface area contributed by atoms with Gasteiger partial charge in [0.25, 0.3) is 9.84 Å². The first-order valence-corrected chi connectivity index (χ1v) is 20.1. The van der Waals surface area contributed by atoms with Crippen LogP contribution in [-0.2, 0) is 29.1 Å². The molecule has 0 aliphatic rings. The number of carbonyl (C=O) groups is 1. The number of thioether (sulfide) groups is 1. The van der Waals surface area contributed by atoms with Crippen LogP contribution in [0.2, 0.25) is 18.1 Å². The van der Waals surface area contributed by atoms with Crippen molar-refractivity contribution in [2.75, 3.05) is 25.5 Å². The Morgan fingerprint density at radius 3 is 2.16 bits per heavy atom. The van der Waals surface area contributed by atoms with Crippen molar-refractivity contribution < 1.29 is 39.2 Å². The van der Waals surface area contributed by atoms with Gasteiger partial charge in [-0.05, 0) is 48.5 Å². The van der Waals surface area contributed by atoms with E-state index in [0.717, 1.165) is 17.0 Å². The Morgan fingerprint density at radius 1 is 1.07 bits per heavy atom. The Balaban J connectivity index is 2.43. The predicted octanol–water partition coefficient (Wildman–Crippen LogP) is 5.46. The van der Waals surface area contributed by atoms with Gasteiger partial charge in [0, 0.05) is 36.2 Å². The van der Waals surface area contributed by atoms with Crippen molar-refractivity contribution in [2.24, 2.45) is 5.14 Å². The number of benzene rings is 2. The van der Waals surface area contributed by atoms with Crippen LogP contribution in [0.15, 0.2) is 63.2 Å². The number of hydrogen-bond acceptors (Lipinski definition) is 8. The minimum atomic E-state index is -6.00. The fourth-order valence-corrected chi connectivity index (χ4v) is 7.27. The largest absolute Gasteiger partial charge is 0.501 e. The molecule has 0 aliphatic heterocycles. The van der Waals surface area contributed by atoms with Crippen LogP contribution in [0.25, 0.3) is 0 Å². The maximum atomic E-state index is 13.6. The van der Waals surface area contributed by atoms with Crippen LogP contribution in [0.4, 0.5) is 18.9 Å². The van der Waals surface area contributed by atoms with E-state index in [1.54, 1.807) is 26.1 Å². The average molecular weight is 684 g/mol. The summed E-state index contributed by atoms with van der Waals surface area (Å²) in [4.78, 5) is 13.5. The molecule has 0 spiro atoms. The Labute approximate surface area is 257 Å². The smallest absolute Gasteiger partial charge is 0.415 e. The minimum absolute atomic E-state index is 0.0259. The Hall–Kier alpha value is -2.11. The third kappa shape index (κ3) is 9.94. The van der Waals surface area contributed by atoms with Gasteiger partial charge >= 0.3 is 5.51 Å². The summed E-state index contributed by atoms with van der Waals surface area (Å²) in [6, 6.07) is 10.4. The fraction of sp³-hybridized carbons (Fsp3) is 0.519. The molecule has 0 bridgehead atoms. The number of amides is 1. The van der Waals surface area contributed by atoms with Crippen molar-refractivity contribution >= 4 is 51.5 Å². The topological polar surface area (TPSA) is 136 Å². The number of rotatable bonds is 13. The van der Waals surface area contributed by atoms with E-state index in [1.165, 1.54) is 16.7 Å². The van der Waals surface area contributed by atoms with E-state index in [-0.39, 0.29) is 23.9 Å². The van der Waals surface area contributed by atoms with Crippen LogP contribution in [0, 0.1) is 0 Å².